The van der Waals surface area contributed by atoms with Crippen LogP contribution < -0.4 is 5.73 Å². The molecule has 2 aliphatic carbocycles. The monoisotopic (exact) mass is 252 g/mol. The molecule has 0 saturated heterocycles. The van der Waals surface area contributed by atoms with Crippen LogP contribution in [0.4, 0.5) is 0 Å². The summed E-state index contributed by atoms with van der Waals surface area (Å²) in [6, 6.07) is 0.470. The summed E-state index contributed by atoms with van der Waals surface area (Å²) >= 11 is 0. The third kappa shape index (κ3) is 2.87. The molecule has 0 aromatic rings. The molecule has 2 aliphatic rings. The summed E-state index contributed by atoms with van der Waals surface area (Å²) < 4.78 is 0. The number of rotatable bonds is 5. The fourth-order valence-electron chi connectivity index (χ4n) is 3.12. The summed E-state index contributed by atoms with van der Waals surface area (Å²) in [5.41, 5.74) is 5.72. The molecule has 0 atom stereocenters. The molecule has 0 radical (unpaired) electrons. The average molecular weight is 252 g/mol. The molecule has 3 nitrogen and oxygen atoms in total. The molecule has 0 aliphatic heterocycles. The van der Waals surface area contributed by atoms with Gasteiger partial charge in [0, 0.05) is 12.6 Å². The average Bonchev–Trinajstić information content (AvgIpc) is 2.79. The lowest BCUT2D eigenvalue weighted by atomic mass is 9.76. The van der Waals surface area contributed by atoms with E-state index in [0.29, 0.717) is 12.0 Å². The quantitative estimate of drug-likeness (QED) is 0.817. The van der Waals surface area contributed by atoms with Crippen molar-refractivity contribution in [3.05, 3.63) is 0 Å². The Morgan fingerprint density at radius 3 is 2.33 bits per heavy atom. The summed E-state index contributed by atoms with van der Waals surface area (Å²) in [5, 5.41) is 0. The molecule has 0 bridgehead atoms. The molecular formula is C15H28N2O. The lowest BCUT2D eigenvalue weighted by Gasteiger charge is -2.42. The maximum absolute atomic E-state index is 12.6. The van der Waals surface area contributed by atoms with Gasteiger partial charge in [-0.2, -0.15) is 0 Å². The van der Waals surface area contributed by atoms with Gasteiger partial charge in [0.05, 0.1) is 5.54 Å². The van der Waals surface area contributed by atoms with Crippen LogP contribution in [0.15, 0.2) is 0 Å². The number of carbonyl (C=O) groups excluding carboxylic acids is 1. The smallest absolute Gasteiger partial charge is 0.242 e. The molecular weight excluding hydrogens is 224 g/mol. The van der Waals surface area contributed by atoms with Crippen LogP contribution in [0.25, 0.3) is 0 Å². The summed E-state index contributed by atoms with van der Waals surface area (Å²) in [6.45, 7) is 5.35. The second-order valence-corrected chi connectivity index (χ2v) is 6.63. The summed E-state index contributed by atoms with van der Waals surface area (Å²) in [7, 11) is 0. The number of nitrogens with zero attached hydrogens (tertiary/aromatic N) is 1. The maximum Gasteiger partial charge on any atom is 0.242 e. The second kappa shape index (κ2) is 5.60. The van der Waals surface area contributed by atoms with Gasteiger partial charge in [-0.1, -0.05) is 26.7 Å². The van der Waals surface area contributed by atoms with Crippen molar-refractivity contribution in [2.24, 2.45) is 11.7 Å². The van der Waals surface area contributed by atoms with Gasteiger partial charge < -0.3 is 10.6 Å². The number of carbonyl (C=O) groups is 1. The van der Waals surface area contributed by atoms with Gasteiger partial charge in [0.1, 0.15) is 0 Å². The Morgan fingerprint density at radius 2 is 1.89 bits per heavy atom. The number of hydrogen-bond acceptors (Lipinski definition) is 2. The minimum Gasteiger partial charge on any atom is -0.338 e. The van der Waals surface area contributed by atoms with Crippen LogP contribution in [0, 0.1) is 5.92 Å². The van der Waals surface area contributed by atoms with E-state index >= 15 is 0 Å². The molecule has 18 heavy (non-hydrogen) atoms. The van der Waals surface area contributed by atoms with Crippen LogP contribution in [0.5, 0.6) is 0 Å². The van der Waals surface area contributed by atoms with Crippen LogP contribution >= 0.6 is 0 Å². The Morgan fingerprint density at radius 1 is 1.28 bits per heavy atom. The van der Waals surface area contributed by atoms with E-state index in [1.54, 1.807) is 0 Å². The highest BCUT2D eigenvalue weighted by molar-refractivity contribution is 5.87. The van der Waals surface area contributed by atoms with Crippen molar-refractivity contribution in [1.82, 2.24) is 4.90 Å². The number of nitrogens with two attached hydrogens (primary N) is 1. The van der Waals surface area contributed by atoms with Crippen LogP contribution in [-0.4, -0.2) is 28.9 Å². The molecule has 0 heterocycles. The van der Waals surface area contributed by atoms with Gasteiger partial charge in [-0.25, -0.2) is 0 Å². The first-order valence-electron chi connectivity index (χ1n) is 7.63. The molecule has 0 spiro atoms. The van der Waals surface area contributed by atoms with Gasteiger partial charge in [-0.15, -0.1) is 0 Å². The first-order chi connectivity index (χ1) is 8.53. The summed E-state index contributed by atoms with van der Waals surface area (Å²) in [4.78, 5) is 14.8. The second-order valence-electron chi connectivity index (χ2n) is 6.63. The third-order valence-corrected chi connectivity index (χ3v) is 4.65. The molecule has 1 amide bonds. The molecule has 2 saturated carbocycles. The Hall–Kier alpha value is -0.570. The normalized spacial score (nSPS) is 23.1. The van der Waals surface area contributed by atoms with E-state index in [1.807, 2.05) is 0 Å². The summed E-state index contributed by atoms with van der Waals surface area (Å²) in [5.74, 6) is 0.887. The molecule has 3 heteroatoms. The third-order valence-electron chi connectivity index (χ3n) is 4.65. The molecule has 0 aromatic carbocycles. The number of amides is 1. The molecule has 2 rings (SSSR count). The molecule has 0 unspecified atom stereocenters. The van der Waals surface area contributed by atoms with Crippen molar-refractivity contribution in [1.29, 1.82) is 0 Å². The minimum atomic E-state index is -0.514. The predicted molar refractivity (Wildman–Crippen MR) is 74.2 cm³/mol. The Labute approximate surface area is 111 Å². The highest BCUT2D eigenvalue weighted by Crippen LogP contribution is 2.34. The van der Waals surface area contributed by atoms with E-state index in [0.717, 1.165) is 32.2 Å². The van der Waals surface area contributed by atoms with Crippen LogP contribution in [0.3, 0.4) is 0 Å². The SMILES string of the molecule is CC(C)CCN(C(=O)C1(N)CCC1)C1CCCC1. The number of hydrogen-bond donors (Lipinski definition) is 1. The van der Waals surface area contributed by atoms with Crippen molar-refractivity contribution in [3.63, 3.8) is 0 Å². The zero-order valence-corrected chi connectivity index (χ0v) is 12.0. The largest absolute Gasteiger partial charge is 0.338 e. The van der Waals surface area contributed by atoms with Crippen LogP contribution in [0.2, 0.25) is 0 Å². The van der Waals surface area contributed by atoms with Gasteiger partial charge in [-0.05, 0) is 44.4 Å². The Balaban J connectivity index is 2.00. The van der Waals surface area contributed by atoms with Crippen molar-refractivity contribution in [2.75, 3.05) is 6.54 Å². The Bertz CT molecular complexity index is 291. The van der Waals surface area contributed by atoms with E-state index in [4.69, 9.17) is 5.73 Å². The zero-order valence-electron chi connectivity index (χ0n) is 12.0. The topological polar surface area (TPSA) is 46.3 Å². The molecule has 0 aromatic heterocycles. The first kappa shape index (κ1) is 13.9. The molecule has 2 fully saturated rings. The first-order valence-corrected chi connectivity index (χ1v) is 7.63. The van der Waals surface area contributed by atoms with Gasteiger partial charge in [-0.3, -0.25) is 4.79 Å². The predicted octanol–water partition coefficient (Wildman–Crippen LogP) is 2.69. The highest BCUT2D eigenvalue weighted by atomic mass is 16.2. The van der Waals surface area contributed by atoms with E-state index in [1.165, 1.54) is 25.7 Å². The van der Waals surface area contributed by atoms with E-state index in [2.05, 4.69) is 18.7 Å². The standard InChI is InChI=1S/C15H28N2O/c1-12(2)8-11-17(13-6-3-4-7-13)14(18)15(16)9-5-10-15/h12-13H,3-11,16H2,1-2H3. The molecule has 2 N–H and O–H groups in total. The van der Waals surface area contributed by atoms with Crippen LogP contribution in [-0.2, 0) is 4.79 Å². The van der Waals surface area contributed by atoms with E-state index in [-0.39, 0.29) is 5.91 Å². The summed E-state index contributed by atoms with van der Waals surface area (Å²) in [6.07, 6.45) is 8.89. The van der Waals surface area contributed by atoms with Gasteiger partial charge in [0.15, 0.2) is 0 Å². The van der Waals surface area contributed by atoms with Crippen molar-refractivity contribution < 1.29 is 4.79 Å². The molecule has 104 valence electrons. The fourth-order valence-corrected chi connectivity index (χ4v) is 3.12. The zero-order chi connectivity index (χ0) is 13.2. The van der Waals surface area contributed by atoms with Crippen molar-refractivity contribution in [2.45, 2.75) is 76.8 Å². The van der Waals surface area contributed by atoms with Crippen molar-refractivity contribution >= 4 is 5.91 Å². The van der Waals surface area contributed by atoms with Gasteiger partial charge in [0.2, 0.25) is 5.91 Å². The van der Waals surface area contributed by atoms with Gasteiger partial charge >= 0.3 is 0 Å². The Kier molecular flexibility index (Phi) is 4.31. The van der Waals surface area contributed by atoms with E-state index in [9.17, 15) is 4.79 Å². The highest BCUT2D eigenvalue weighted by Gasteiger charge is 2.44. The van der Waals surface area contributed by atoms with Crippen LogP contribution in [0.1, 0.15) is 65.2 Å². The van der Waals surface area contributed by atoms with Gasteiger partial charge in [0.25, 0.3) is 0 Å². The minimum absolute atomic E-state index is 0.237. The van der Waals surface area contributed by atoms with E-state index < -0.39 is 5.54 Å². The van der Waals surface area contributed by atoms with Crippen molar-refractivity contribution in [3.8, 4) is 0 Å². The fraction of sp³-hybridized carbons (Fsp3) is 0.933. The maximum atomic E-state index is 12.6. The lowest BCUT2D eigenvalue weighted by Crippen LogP contribution is -2.61. The lowest BCUT2D eigenvalue weighted by molar-refractivity contribution is -0.142.